The quantitative estimate of drug-likeness (QED) is 0.0267. The van der Waals surface area contributed by atoms with E-state index in [9.17, 15) is 14.4 Å². The summed E-state index contributed by atoms with van der Waals surface area (Å²) in [5.41, 5.74) is 0. The molecule has 0 aliphatic carbocycles. The molecular weight excluding hydrogens is 685 g/mol. The van der Waals surface area contributed by atoms with Crippen LogP contribution >= 0.6 is 0 Å². The second kappa shape index (κ2) is 43.8. The first-order valence-corrected chi connectivity index (χ1v) is 22.7. The molecule has 0 aliphatic rings. The molecule has 0 spiro atoms. The molecule has 6 nitrogen and oxygen atoms in total. The van der Waals surface area contributed by atoms with E-state index in [2.05, 4.69) is 69.0 Å². The van der Waals surface area contributed by atoms with Crippen molar-refractivity contribution >= 4 is 17.9 Å². The van der Waals surface area contributed by atoms with E-state index in [4.69, 9.17) is 14.2 Å². The Morgan fingerprint density at radius 3 is 1.25 bits per heavy atom. The number of carbonyl (C=O) groups is 3. The molecule has 0 fully saturated rings. The lowest BCUT2D eigenvalue weighted by Gasteiger charge is -2.18. The average Bonchev–Trinajstić information content (AvgIpc) is 3.18. The van der Waals surface area contributed by atoms with Crippen molar-refractivity contribution in [2.75, 3.05) is 13.2 Å². The fourth-order valence-electron chi connectivity index (χ4n) is 6.19. The summed E-state index contributed by atoms with van der Waals surface area (Å²) < 4.78 is 16.6. The minimum Gasteiger partial charge on any atom is -0.462 e. The second-order valence-corrected chi connectivity index (χ2v) is 15.0. The fourth-order valence-corrected chi connectivity index (χ4v) is 6.19. The molecule has 1 unspecified atom stereocenters. The second-order valence-electron chi connectivity index (χ2n) is 15.0. The number of hydrogen-bond acceptors (Lipinski definition) is 6. The number of unbranched alkanes of at least 4 members (excludes halogenated alkanes) is 21. The highest BCUT2D eigenvalue weighted by atomic mass is 16.6. The standard InChI is InChI=1S/C49H84O6/c1-4-7-10-13-16-18-20-22-24-26-28-30-33-36-39-42-48(51)54-45-46(44-53-47(50)41-38-35-32-15-12-9-6-3)55-49(52)43-40-37-34-31-29-27-25-23-21-19-17-14-11-8-5-2/h6,8,11,17,19,22-25,46H,3-5,7,9-10,12-16,18,20-21,26-45H2,1-2H3. The van der Waals surface area contributed by atoms with Gasteiger partial charge in [0.05, 0.1) is 0 Å². The highest BCUT2D eigenvalue weighted by Crippen LogP contribution is 2.13. The lowest BCUT2D eigenvalue weighted by atomic mass is 10.1. The molecule has 0 aromatic carbocycles. The maximum absolute atomic E-state index is 12.7. The van der Waals surface area contributed by atoms with E-state index in [1.807, 2.05) is 6.08 Å². The Bertz CT molecular complexity index is 1010. The van der Waals surface area contributed by atoms with Crippen molar-refractivity contribution < 1.29 is 28.6 Å². The van der Waals surface area contributed by atoms with Crippen molar-refractivity contribution in [2.24, 2.45) is 0 Å². The molecular formula is C49H84O6. The van der Waals surface area contributed by atoms with E-state index in [-0.39, 0.29) is 31.1 Å². The fraction of sp³-hybridized carbons (Fsp3) is 0.735. The first-order chi connectivity index (χ1) is 27.0. The molecule has 0 saturated carbocycles. The van der Waals surface area contributed by atoms with Gasteiger partial charge in [0.1, 0.15) is 13.2 Å². The van der Waals surface area contributed by atoms with Crippen LogP contribution in [0.3, 0.4) is 0 Å². The maximum atomic E-state index is 12.7. The number of carbonyl (C=O) groups excluding carboxylic acids is 3. The maximum Gasteiger partial charge on any atom is 0.306 e. The van der Waals surface area contributed by atoms with Crippen LogP contribution in [0, 0.1) is 0 Å². The molecule has 0 aromatic rings. The Labute approximate surface area is 339 Å². The summed E-state index contributed by atoms with van der Waals surface area (Å²) >= 11 is 0. The minimum absolute atomic E-state index is 0.0918. The molecule has 55 heavy (non-hydrogen) atoms. The van der Waals surface area contributed by atoms with E-state index in [1.165, 1.54) is 57.8 Å². The molecule has 0 rings (SSSR count). The summed E-state index contributed by atoms with van der Waals surface area (Å²) in [6.45, 7) is 7.98. The highest BCUT2D eigenvalue weighted by molar-refractivity contribution is 5.71. The first kappa shape index (κ1) is 52.1. The number of ether oxygens (including phenoxy) is 3. The lowest BCUT2D eigenvalue weighted by molar-refractivity contribution is -0.167. The van der Waals surface area contributed by atoms with Crippen LogP contribution in [0.5, 0.6) is 0 Å². The van der Waals surface area contributed by atoms with Gasteiger partial charge in [-0.3, -0.25) is 14.4 Å². The normalized spacial score (nSPS) is 12.3. The smallest absolute Gasteiger partial charge is 0.306 e. The Kier molecular flexibility index (Phi) is 41.5. The largest absolute Gasteiger partial charge is 0.462 e. The van der Waals surface area contributed by atoms with Gasteiger partial charge in [0.25, 0.3) is 0 Å². The predicted molar refractivity (Wildman–Crippen MR) is 233 cm³/mol. The molecule has 0 saturated heterocycles. The van der Waals surface area contributed by atoms with E-state index in [1.54, 1.807) is 0 Å². The van der Waals surface area contributed by atoms with Gasteiger partial charge in [-0.15, -0.1) is 6.58 Å². The molecule has 0 aromatic heterocycles. The zero-order valence-electron chi connectivity index (χ0n) is 35.8. The molecule has 316 valence electrons. The van der Waals surface area contributed by atoms with Crippen LogP contribution in [0.1, 0.15) is 213 Å². The van der Waals surface area contributed by atoms with Crippen LogP contribution in [0.2, 0.25) is 0 Å². The lowest BCUT2D eigenvalue weighted by Crippen LogP contribution is -2.30. The molecule has 6 heteroatoms. The summed E-state index contributed by atoms with van der Waals surface area (Å²) in [6.07, 6.45) is 51.1. The molecule has 1 atom stereocenters. The van der Waals surface area contributed by atoms with E-state index >= 15 is 0 Å². The monoisotopic (exact) mass is 769 g/mol. The Morgan fingerprint density at radius 1 is 0.436 bits per heavy atom. The Hall–Kier alpha value is -2.89. The van der Waals surface area contributed by atoms with Crippen LogP contribution in [0.25, 0.3) is 0 Å². The molecule has 0 heterocycles. The first-order valence-electron chi connectivity index (χ1n) is 22.7. The predicted octanol–water partition coefficient (Wildman–Crippen LogP) is 14.5. The summed E-state index contributed by atoms with van der Waals surface area (Å²) in [7, 11) is 0. The summed E-state index contributed by atoms with van der Waals surface area (Å²) in [5.74, 6) is -0.944. The van der Waals surface area contributed by atoms with Crippen LogP contribution in [0.15, 0.2) is 61.3 Å². The molecule has 0 N–H and O–H groups in total. The van der Waals surface area contributed by atoms with Gasteiger partial charge in [-0.1, -0.05) is 158 Å². The topological polar surface area (TPSA) is 78.9 Å². The van der Waals surface area contributed by atoms with Crippen molar-refractivity contribution in [1.29, 1.82) is 0 Å². The third-order valence-electron chi connectivity index (χ3n) is 9.62. The van der Waals surface area contributed by atoms with Gasteiger partial charge in [0.2, 0.25) is 0 Å². The van der Waals surface area contributed by atoms with Gasteiger partial charge in [0, 0.05) is 19.3 Å². The molecule has 0 radical (unpaired) electrons. The van der Waals surface area contributed by atoms with Gasteiger partial charge < -0.3 is 14.2 Å². The van der Waals surface area contributed by atoms with Crippen LogP contribution in [0.4, 0.5) is 0 Å². The molecule has 0 bridgehead atoms. The van der Waals surface area contributed by atoms with Gasteiger partial charge in [0.15, 0.2) is 6.10 Å². The van der Waals surface area contributed by atoms with E-state index < -0.39 is 6.10 Å². The van der Waals surface area contributed by atoms with Crippen LogP contribution in [-0.2, 0) is 28.6 Å². The summed E-state index contributed by atoms with van der Waals surface area (Å²) in [4.78, 5) is 37.6. The third kappa shape index (κ3) is 42.1. The number of allylic oxidation sites excluding steroid dienone is 9. The van der Waals surface area contributed by atoms with Gasteiger partial charge >= 0.3 is 17.9 Å². The molecule has 0 amide bonds. The van der Waals surface area contributed by atoms with E-state index in [0.29, 0.717) is 19.3 Å². The van der Waals surface area contributed by atoms with Gasteiger partial charge in [-0.2, -0.15) is 0 Å². The highest BCUT2D eigenvalue weighted by Gasteiger charge is 2.19. The Morgan fingerprint density at radius 2 is 0.800 bits per heavy atom. The van der Waals surface area contributed by atoms with Crippen LogP contribution < -0.4 is 0 Å². The zero-order chi connectivity index (χ0) is 40.1. The zero-order valence-corrected chi connectivity index (χ0v) is 35.8. The van der Waals surface area contributed by atoms with Crippen LogP contribution in [-0.4, -0.2) is 37.2 Å². The van der Waals surface area contributed by atoms with Crippen molar-refractivity contribution in [1.82, 2.24) is 0 Å². The number of hydrogen-bond donors (Lipinski definition) is 0. The average molecular weight is 769 g/mol. The minimum atomic E-state index is -0.789. The Balaban J connectivity index is 4.34. The SMILES string of the molecule is C=CCCCCCCCC(=O)OCC(COC(=O)CCCCCCCC=CCCCCCCCC)OC(=O)CCCCCCCC=CCC=CCC=CCC. The van der Waals surface area contributed by atoms with Crippen molar-refractivity contribution in [3.63, 3.8) is 0 Å². The summed E-state index contributed by atoms with van der Waals surface area (Å²) in [6, 6.07) is 0. The third-order valence-corrected chi connectivity index (χ3v) is 9.62. The molecule has 0 aliphatic heterocycles. The van der Waals surface area contributed by atoms with Gasteiger partial charge in [-0.05, 0) is 89.9 Å². The van der Waals surface area contributed by atoms with E-state index in [0.717, 1.165) is 122 Å². The van der Waals surface area contributed by atoms with Gasteiger partial charge in [-0.25, -0.2) is 0 Å². The van der Waals surface area contributed by atoms with Crippen molar-refractivity contribution in [3.05, 3.63) is 61.3 Å². The van der Waals surface area contributed by atoms with Crippen molar-refractivity contribution in [3.8, 4) is 0 Å². The number of rotatable bonds is 41. The van der Waals surface area contributed by atoms with Crippen molar-refractivity contribution in [2.45, 2.75) is 219 Å². The summed E-state index contributed by atoms with van der Waals surface area (Å²) in [5, 5.41) is 0. The number of esters is 3.